The van der Waals surface area contributed by atoms with Crippen LogP contribution in [0.4, 0.5) is 0 Å². The van der Waals surface area contributed by atoms with E-state index in [9.17, 15) is 141 Å². The number of primary amides is 3. The number of carbonyl (C=O) groups excluding carboxylic acids is 19. The predicted molar refractivity (Wildman–Crippen MR) is 498 cm³/mol. The molecular formula is C83H127N23O29S3. The summed E-state index contributed by atoms with van der Waals surface area (Å²) in [4.78, 5) is 312. The number of benzene rings is 2. The Bertz CT molecular complexity index is 4630. The quantitative estimate of drug-likeness (QED) is 0.0127. The average molecular weight is 2010 g/mol. The van der Waals surface area contributed by atoms with Gasteiger partial charge in [-0.25, -0.2) is 4.79 Å². The molecular weight excluding hydrogens is 1880 g/mol. The van der Waals surface area contributed by atoms with Crippen LogP contribution in [0.5, 0.6) is 5.75 Å². The highest BCUT2D eigenvalue weighted by molar-refractivity contribution is 7.80. The zero-order valence-corrected chi connectivity index (χ0v) is 79.5. The number of aliphatic carboxylic acids is 4. The van der Waals surface area contributed by atoms with Crippen molar-refractivity contribution in [3.8, 4) is 5.75 Å². The molecule has 2 rings (SSSR count). The summed E-state index contributed by atoms with van der Waals surface area (Å²) in [6, 6.07) is -17.7. The van der Waals surface area contributed by atoms with E-state index in [-0.39, 0.29) is 43.0 Å². The lowest BCUT2D eigenvalue weighted by Gasteiger charge is -2.29. The predicted octanol–water partition coefficient (Wildman–Crippen LogP) is -9.62. The summed E-state index contributed by atoms with van der Waals surface area (Å²) in [7, 11) is 0. The fraction of sp³-hybridized carbons (Fsp3) is 0.566. The number of aromatic hydroxyl groups is 1. The molecule has 0 aliphatic heterocycles. The first kappa shape index (κ1) is 120. The molecule has 0 spiro atoms. The van der Waals surface area contributed by atoms with Crippen LogP contribution in [-0.4, -0.2) is 305 Å². The summed E-state index contributed by atoms with van der Waals surface area (Å²) < 4.78 is 0. The number of guanidine groups is 1. The van der Waals surface area contributed by atoms with Gasteiger partial charge in [0.2, 0.25) is 112 Å². The SMILES string of the molecule is CC(C)C[C@H](NC(=O)[C@H](C)N)C(=O)N[C@@H](CC(=O)O)C(=O)N[C@H](C(=O)N[C@@H](CC(N)=O)C(=O)N[C@@H](Cc1ccc(O)cc1)C(=O)N[C@@H](CS)C(=O)N[C@@H](Cc1ccccc1)C(=O)N[C@@H](CCCNC(=N)N)C(=O)N[C@@H](CC(N)=O)C(=O)N[C@@H](CC(C)C)C(=O)N[C@@H](CCC(=O)O)C(=O)N[C@@H](CCC(=O)O)C(=O)N[C@@H](CC(N)=O)C(=O)N[C@@H](CS)C(=O)N[C@@H](CS)C(=O)N[C@H](C(=O)O)C(C)C)[C@@H](C)O. The zero-order chi connectivity index (χ0) is 105. The van der Waals surface area contributed by atoms with Crippen molar-refractivity contribution in [3.05, 3.63) is 65.7 Å². The third kappa shape index (κ3) is 45.3. The number of phenols is 1. The lowest BCUT2D eigenvalue weighted by atomic mass is 10.0. The highest BCUT2D eigenvalue weighted by Gasteiger charge is 2.42. The standard InChI is InChI=1S/C83H127N23O29S3/c1-36(2)25-47(94-66(118)39(7)84)71(123)100-54(32-63(116)117)77(129)106-65(40(8)107)81(133)101-53(31-60(87)111)75(127)96-50(28-42-16-18-43(108)19-17-42)73(125)102-55(33-136)78(130)97-49(27-41-13-10-9-11-14-41)72(124)91-44(15-12-24-90-83(88)89)67(119)98-51(29-58(85)109)74(126)95-48(26-37(3)4)70(122)93-45(20-22-61(112)113)68(120)92-46(21-23-62(114)115)69(121)99-52(30-59(86)110)76(128)103-56(34-137)79(131)104-57(35-138)80(132)105-64(38(5)6)82(134)135/h9-11,13-14,16-19,36-40,44-57,64-65,107-108,136-138H,12,15,20-35,84H2,1-8H3,(H2,85,109)(H2,86,110)(H2,87,111)(H,91,124)(H,92,120)(H,93,122)(H,94,118)(H,95,126)(H,96,127)(H,97,130)(H,98,119)(H,99,121)(H,100,123)(H,101,133)(H,102,125)(H,103,128)(H,104,131)(H,105,132)(H,106,129)(H,112,113)(H,114,115)(H,116,117)(H,134,135)(H4,88,89,90)/t39-,40+,44-,45-,46-,47-,48-,49-,50-,51-,52-,53-,54-,55-,56-,57-,64-,65-/m0/s1. The van der Waals surface area contributed by atoms with Crippen LogP contribution in [0.2, 0.25) is 0 Å². The second-order valence-corrected chi connectivity index (χ2v) is 34.4. The lowest BCUT2D eigenvalue weighted by Crippen LogP contribution is -2.62. The van der Waals surface area contributed by atoms with Gasteiger partial charge in [0.05, 0.1) is 37.8 Å². The Labute approximate surface area is 808 Å². The van der Waals surface area contributed by atoms with E-state index in [2.05, 4.69) is 128 Å². The summed E-state index contributed by atoms with van der Waals surface area (Å²) in [6.45, 7) is 11.6. The van der Waals surface area contributed by atoms with Crippen LogP contribution in [0, 0.1) is 23.2 Å². The molecule has 0 aromatic heterocycles. The van der Waals surface area contributed by atoms with Gasteiger partial charge in [0.15, 0.2) is 5.96 Å². The van der Waals surface area contributed by atoms with Gasteiger partial charge in [-0.1, -0.05) is 84.0 Å². The summed E-state index contributed by atoms with van der Waals surface area (Å²) in [5.74, 6) is -33.5. The number of hydrogen-bond acceptors (Lipinski definition) is 30. The number of hydrogen-bond donors (Lipinski definition) is 32. The van der Waals surface area contributed by atoms with Gasteiger partial charge in [-0.3, -0.25) is 111 Å². The number of phenolic OH excluding ortho intramolecular Hbond substituents is 1. The van der Waals surface area contributed by atoms with E-state index in [1.54, 1.807) is 45.9 Å². The van der Waals surface area contributed by atoms with Crippen molar-refractivity contribution < 1.29 is 141 Å². The number of thiol groups is 3. The highest BCUT2D eigenvalue weighted by Crippen LogP contribution is 2.17. The fourth-order valence-electron chi connectivity index (χ4n) is 12.9. The van der Waals surface area contributed by atoms with Crippen molar-refractivity contribution >= 4 is 180 Å². The van der Waals surface area contributed by atoms with Gasteiger partial charge >= 0.3 is 23.9 Å². The topological polar surface area (TPSA) is 872 Å². The van der Waals surface area contributed by atoms with E-state index in [0.717, 1.165) is 6.92 Å². The molecule has 0 radical (unpaired) electrons. The average Bonchev–Trinajstić information content (AvgIpc) is 0.848. The van der Waals surface area contributed by atoms with Crippen molar-refractivity contribution in [1.82, 2.24) is 90.4 Å². The largest absolute Gasteiger partial charge is 0.508 e. The molecule has 2 aromatic rings. The van der Waals surface area contributed by atoms with Crippen LogP contribution in [-0.2, 0) is 123 Å². The number of carboxylic acid groups (broad SMARTS) is 4. The lowest BCUT2D eigenvalue weighted by molar-refractivity contribution is -0.143. The Morgan fingerprint density at radius 1 is 0.333 bits per heavy atom. The van der Waals surface area contributed by atoms with Gasteiger partial charge < -0.3 is 150 Å². The minimum absolute atomic E-state index is 0.0298. The number of carboxylic acids is 4. The minimum atomic E-state index is -2.12. The van der Waals surface area contributed by atoms with Gasteiger partial charge in [-0.05, 0) is 93.4 Å². The second-order valence-electron chi connectivity index (χ2n) is 33.3. The molecule has 0 fully saturated rings. The number of carbonyl (C=O) groups is 23. The molecule has 55 heteroatoms. The molecule has 0 bridgehead atoms. The van der Waals surface area contributed by atoms with E-state index >= 15 is 0 Å². The number of aliphatic hydroxyl groups is 1. The molecule has 18 atom stereocenters. The van der Waals surface area contributed by atoms with Gasteiger partial charge in [0.25, 0.3) is 0 Å². The molecule has 766 valence electrons. The molecule has 34 N–H and O–H groups in total. The first-order valence-electron chi connectivity index (χ1n) is 43.3. The van der Waals surface area contributed by atoms with Crippen molar-refractivity contribution in [2.24, 2.45) is 46.4 Å². The smallest absolute Gasteiger partial charge is 0.326 e. The van der Waals surface area contributed by atoms with Crippen LogP contribution in [0.3, 0.4) is 0 Å². The molecule has 0 saturated carbocycles. The molecule has 0 heterocycles. The normalized spacial score (nSPS) is 15.0. The Morgan fingerprint density at radius 3 is 0.942 bits per heavy atom. The van der Waals surface area contributed by atoms with Gasteiger partial charge in [0.1, 0.15) is 102 Å². The Hall–Kier alpha value is -13.7. The molecule has 2 aromatic carbocycles. The monoisotopic (exact) mass is 2010 g/mol. The van der Waals surface area contributed by atoms with Crippen LogP contribution in [0.15, 0.2) is 54.6 Å². The molecule has 52 nitrogen and oxygen atoms in total. The van der Waals surface area contributed by atoms with Crippen LogP contribution in [0.1, 0.15) is 144 Å². The zero-order valence-electron chi connectivity index (χ0n) is 76.8. The Morgan fingerprint density at radius 2 is 0.616 bits per heavy atom. The van der Waals surface area contributed by atoms with Gasteiger partial charge in [-0.2, -0.15) is 37.9 Å². The first-order valence-corrected chi connectivity index (χ1v) is 45.2. The highest BCUT2D eigenvalue weighted by atomic mass is 32.1. The second kappa shape index (κ2) is 60.7. The molecule has 0 unspecified atom stereocenters. The maximum absolute atomic E-state index is 15.0. The third-order valence-electron chi connectivity index (χ3n) is 20.1. The summed E-state index contributed by atoms with van der Waals surface area (Å²) in [5.41, 5.74) is 28.3. The van der Waals surface area contributed by atoms with Crippen LogP contribution >= 0.6 is 37.9 Å². The van der Waals surface area contributed by atoms with Crippen LogP contribution in [0.25, 0.3) is 0 Å². The van der Waals surface area contributed by atoms with Crippen molar-refractivity contribution in [1.29, 1.82) is 5.41 Å². The Balaban J connectivity index is 2.68. The van der Waals surface area contributed by atoms with E-state index in [4.69, 9.17) is 34.1 Å². The fourth-order valence-corrected chi connectivity index (χ4v) is 13.6. The number of nitrogens with one attached hydrogen (secondary N) is 18. The maximum Gasteiger partial charge on any atom is 0.326 e. The summed E-state index contributed by atoms with van der Waals surface area (Å²) in [5, 5.41) is 107. The third-order valence-corrected chi connectivity index (χ3v) is 21.2. The van der Waals surface area contributed by atoms with Gasteiger partial charge in [-0.15, -0.1) is 0 Å². The van der Waals surface area contributed by atoms with Crippen molar-refractivity contribution in [3.63, 3.8) is 0 Å². The number of nitrogens with two attached hydrogens (primary N) is 5. The molecule has 0 saturated heterocycles. The van der Waals surface area contributed by atoms with E-state index in [1.807, 2.05) is 0 Å². The number of rotatable bonds is 64. The number of amides is 19. The molecule has 138 heavy (non-hydrogen) atoms. The minimum Gasteiger partial charge on any atom is -0.508 e. The van der Waals surface area contributed by atoms with E-state index in [0.29, 0.717) is 5.56 Å². The summed E-state index contributed by atoms with van der Waals surface area (Å²) >= 11 is 12.4. The van der Waals surface area contributed by atoms with Crippen molar-refractivity contribution in [2.45, 2.75) is 254 Å². The van der Waals surface area contributed by atoms with Gasteiger partial charge in [0, 0.05) is 49.5 Å². The Kier molecular flexibility index (Phi) is 52.9. The maximum atomic E-state index is 15.0. The van der Waals surface area contributed by atoms with E-state index < -0.39 is 351 Å². The first-order chi connectivity index (χ1) is 64.5. The van der Waals surface area contributed by atoms with Crippen LogP contribution < -0.4 is 119 Å². The van der Waals surface area contributed by atoms with E-state index in [1.165, 1.54) is 57.2 Å². The number of aliphatic hydroxyl groups excluding tert-OH is 1. The van der Waals surface area contributed by atoms with Crippen molar-refractivity contribution in [2.75, 3.05) is 23.8 Å². The molecule has 0 aliphatic rings. The molecule has 0 aliphatic carbocycles. The molecule has 19 amide bonds. The summed E-state index contributed by atoms with van der Waals surface area (Å²) in [6.07, 6.45) is -11.6.